The number of aliphatic imine (C=N–C) groups is 1. The molecule has 1 aliphatic rings. The third-order valence-electron chi connectivity index (χ3n) is 4.99. The third kappa shape index (κ3) is 9.26. The molecule has 0 spiro atoms. The number of hydrogen-bond acceptors (Lipinski definition) is 5. The van der Waals surface area contributed by atoms with Crippen molar-refractivity contribution in [1.29, 1.82) is 0 Å². The number of nitrogens with one attached hydrogen (secondary N) is 2. The predicted molar refractivity (Wildman–Crippen MR) is 134 cm³/mol. The quantitative estimate of drug-likeness (QED) is 0.197. The van der Waals surface area contributed by atoms with Crippen molar-refractivity contribution >= 4 is 29.9 Å². The van der Waals surface area contributed by atoms with Gasteiger partial charge in [0.05, 0.1) is 33.5 Å². The first-order valence-corrected chi connectivity index (χ1v) is 10.8. The molecule has 172 valence electrons. The van der Waals surface area contributed by atoms with Gasteiger partial charge in [0.15, 0.2) is 17.5 Å². The highest BCUT2D eigenvalue weighted by Gasteiger charge is 2.16. The monoisotopic (exact) mass is 534 g/mol. The van der Waals surface area contributed by atoms with Gasteiger partial charge in [0.1, 0.15) is 0 Å². The molecular weight excluding hydrogens is 495 g/mol. The van der Waals surface area contributed by atoms with Gasteiger partial charge in [-0.15, -0.1) is 24.0 Å². The van der Waals surface area contributed by atoms with Crippen molar-refractivity contribution in [2.45, 2.75) is 39.7 Å². The standard InChI is InChI=1S/C22H38N4O3.HI/c1-5-23-22(25-17-18(3)26-12-14-28-15-13-26)24-11-7-8-19-9-10-20(27-4)21(16-19)29-6-2;/h9-10,16,18H,5-8,11-15,17H2,1-4H3,(H2,23,24,25);1H. The van der Waals surface area contributed by atoms with Crippen molar-refractivity contribution in [3.05, 3.63) is 23.8 Å². The molecular formula is C22H39IN4O3. The molecule has 1 unspecified atom stereocenters. The smallest absolute Gasteiger partial charge is 0.191 e. The average Bonchev–Trinajstić information content (AvgIpc) is 2.75. The van der Waals surface area contributed by atoms with Gasteiger partial charge in [-0.05, 0) is 51.3 Å². The Balaban J connectivity index is 0.00000450. The summed E-state index contributed by atoms with van der Waals surface area (Å²) in [7, 11) is 1.67. The Bertz CT molecular complexity index is 624. The van der Waals surface area contributed by atoms with Gasteiger partial charge < -0.3 is 24.8 Å². The lowest BCUT2D eigenvalue weighted by Crippen LogP contribution is -2.44. The zero-order valence-corrected chi connectivity index (χ0v) is 21.2. The van der Waals surface area contributed by atoms with Crippen LogP contribution in [0, 0.1) is 0 Å². The Morgan fingerprint density at radius 2 is 1.97 bits per heavy atom. The predicted octanol–water partition coefficient (Wildman–Crippen LogP) is 2.92. The van der Waals surface area contributed by atoms with E-state index in [9.17, 15) is 0 Å². The van der Waals surface area contributed by atoms with E-state index < -0.39 is 0 Å². The van der Waals surface area contributed by atoms with E-state index in [1.165, 1.54) is 5.56 Å². The van der Waals surface area contributed by atoms with Gasteiger partial charge in [-0.1, -0.05) is 6.07 Å². The number of benzene rings is 1. The fourth-order valence-electron chi connectivity index (χ4n) is 3.34. The van der Waals surface area contributed by atoms with E-state index in [4.69, 9.17) is 19.2 Å². The van der Waals surface area contributed by atoms with Crippen LogP contribution in [0.25, 0.3) is 0 Å². The normalized spacial score (nSPS) is 15.8. The molecule has 2 rings (SSSR count). The van der Waals surface area contributed by atoms with Crippen molar-refractivity contribution in [2.24, 2.45) is 4.99 Å². The van der Waals surface area contributed by atoms with Crippen molar-refractivity contribution in [3.63, 3.8) is 0 Å². The first-order valence-electron chi connectivity index (χ1n) is 10.8. The molecule has 0 amide bonds. The summed E-state index contributed by atoms with van der Waals surface area (Å²) in [6.45, 7) is 13.1. The lowest BCUT2D eigenvalue weighted by Gasteiger charge is -2.31. The molecule has 1 aliphatic heterocycles. The summed E-state index contributed by atoms with van der Waals surface area (Å²) in [6.07, 6.45) is 1.99. The highest BCUT2D eigenvalue weighted by Crippen LogP contribution is 2.28. The molecule has 8 heteroatoms. The maximum atomic E-state index is 5.67. The minimum Gasteiger partial charge on any atom is -0.493 e. The molecule has 2 N–H and O–H groups in total. The first kappa shape index (κ1) is 26.8. The van der Waals surface area contributed by atoms with Crippen LogP contribution in [0.15, 0.2) is 23.2 Å². The number of ether oxygens (including phenoxy) is 3. The fourth-order valence-corrected chi connectivity index (χ4v) is 3.34. The number of guanidine groups is 1. The number of aryl methyl sites for hydroxylation is 1. The number of rotatable bonds is 11. The maximum absolute atomic E-state index is 5.67. The fraction of sp³-hybridized carbons (Fsp3) is 0.682. The summed E-state index contributed by atoms with van der Waals surface area (Å²) >= 11 is 0. The lowest BCUT2D eigenvalue weighted by atomic mass is 10.1. The van der Waals surface area contributed by atoms with Gasteiger partial charge in [-0.2, -0.15) is 0 Å². The zero-order valence-electron chi connectivity index (χ0n) is 18.9. The summed E-state index contributed by atoms with van der Waals surface area (Å²) in [5.41, 5.74) is 1.25. The highest BCUT2D eigenvalue weighted by atomic mass is 127. The molecule has 1 fully saturated rings. The van der Waals surface area contributed by atoms with E-state index in [1.807, 2.05) is 13.0 Å². The number of halogens is 1. The van der Waals surface area contributed by atoms with Crippen molar-refractivity contribution in [2.75, 3.05) is 59.7 Å². The Hall–Kier alpha value is -1.26. The van der Waals surface area contributed by atoms with E-state index in [0.717, 1.165) is 76.2 Å². The maximum Gasteiger partial charge on any atom is 0.191 e. The number of methoxy groups -OCH3 is 1. The van der Waals surface area contributed by atoms with E-state index in [1.54, 1.807) is 7.11 Å². The van der Waals surface area contributed by atoms with Gasteiger partial charge in [0, 0.05) is 32.2 Å². The summed E-state index contributed by atoms with van der Waals surface area (Å²) in [5.74, 6) is 2.48. The average molecular weight is 534 g/mol. The molecule has 7 nitrogen and oxygen atoms in total. The van der Waals surface area contributed by atoms with Crippen LogP contribution in [0.3, 0.4) is 0 Å². The number of morpholine rings is 1. The molecule has 1 atom stereocenters. The topological polar surface area (TPSA) is 67.4 Å². The molecule has 30 heavy (non-hydrogen) atoms. The largest absolute Gasteiger partial charge is 0.493 e. The van der Waals surface area contributed by atoms with Gasteiger partial charge in [-0.3, -0.25) is 9.89 Å². The molecule has 1 saturated heterocycles. The van der Waals surface area contributed by atoms with Gasteiger partial charge in [-0.25, -0.2) is 0 Å². The van der Waals surface area contributed by atoms with E-state index in [0.29, 0.717) is 12.6 Å². The van der Waals surface area contributed by atoms with E-state index in [-0.39, 0.29) is 24.0 Å². The second-order valence-electron chi connectivity index (χ2n) is 7.17. The van der Waals surface area contributed by atoms with Crippen LogP contribution in [-0.2, 0) is 11.2 Å². The van der Waals surface area contributed by atoms with Gasteiger partial charge >= 0.3 is 0 Å². The van der Waals surface area contributed by atoms with Crippen molar-refractivity contribution < 1.29 is 14.2 Å². The SMILES string of the molecule is CCNC(=NCC(C)N1CCOCC1)NCCCc1ccc(OC)c(OCC)c1.I. The Labute approximate surface area is 199 Å². The second-order valence-corrected chi connectivity index (χ2v) is 7.17. The van der Waals surface area contributed by atoms with Crippen LogP contribution in [-0.4, -0.2) is 76.6 Å². The highest BCUT2D eigenvalue weighted by molar-refractivity contribution is 14.0. The Morgan fingerprint density at radius 3 is 2.63 bits per heavy atom. The van der Waals surface area contributed by atoms with Crippen molar-refractivity contribution in [3.8, 4) is 11.5 Å². The third-order valence-corrected chi connectivity index (χ3v) is 4.99. The second kappa shape index (κ2) is 15.5. The molecule has 1 aromatic carbocycles. The molecule has 0 saturated carbocycles. The van der Waals surface area contributed by atoms with Crippen LogP contribution in [0.2, 0.25) is 0 Å². The Morgan fingerprint density at radius 1 is 1.20 bits per heavy atom. The summed E-state index contributed by atoms with van der Waals surface area (Å²) in [4.78, 5) is 7.21. The lowest BCUT2D eigenvalue weighted by molar-refractivity contribution is 0.0220. The van der Waals surface area contributed by atoms with Crippen molar-refractivity contribution in [1.82, 2.24) is 15.5 Å². The van der Waals surface area contributed by atoms with Crippen LogP contribution in [0.4, 0.5) is 0 Å². The number of nitrogens with zero attached hydrogens (tertiary/aromatic N) is 2. The molecule has 1 heterocycles. The van der Waals surface area contributed by atoms with Gasteiger partial charge in [0.2, 0.25) is 0 Å². The molecule has 0 bridgehead atoms. The summed E-state index contributed by atoms with van der Waals surface area (Å²) in [6, 6.07) is 6.58. The molecule has 0 aliphatic carbocycles. The zero-order chi connectivity index (χ0) is 20.9. The van der Waals surface area contributed by atoms with E-state index in [2.05, 4.69) is 41.5 Å². The van der Waals surface area contributed by atoms with Crippen LogP contribution in [0.5, 0.6) is 11.5 Å². The molecule has 1 aromatic rings. The summed E-state index contributed by atoms with van der Waals surface area (Å²) in [5, 5.41) is 6.79. The minimum absolute atomic E-state index is 0. The molecule has 0 aromatic heterocycles. The number of hydrogen-bond donors (Lipinski definition) is 2. The van der Waals surface area contributed by atoms with Crippen LogP contribution >= 0.6 is 24.0 Å². The first-order chi connectivity index (χ1) is 14.2. The van der Waals surface area contributed by atoms with E-state index >= 15 is 0 Å². The molecule has 0 radical (unpaired) electrons. The van der Waals surface area contributed by atoms with Gasteiger partial charge in [0.25, 0.3) is 0 Å². The Kier molecular flexibility index (Phi) is 13.9. The summed E-state index contributed by atoms with van der Waals surface area (Å²) < 4.78 is 16.5. The minimum atomic E-state index is 0. The van der Waals surface area contributed by atoms with Crippen LogP contribution in [0.1, 0.15) is 32.8 Å². The van der Waals surface area contributed by atoms with Crippen LogP contribution < -0.4 is 20.1 Å².